The Morgan fingerprint density at radius 2 is 1.71 bits per heavy atom. The van der Waals surface area contributed by atoms with Crippen molar-refractivity contribution in [3.05, 3.63) is 0 Å². The van der Waals surface area contributed by atoms with Crippen LogP contribution in [0.4, 0.5) is 0 Å². The largest absolute Gasteiger partial charge is 0.450 e. The monoisotopic (exact) mass is 266 g/mol. The number of hydrogen-bond acceptors (Lipinski definition) is 6. The molecule has 0 amide bonds. The second-order valence-corrected chi connectivity index (χ2v) is 6.75. The quantitative estimate of drug-likeness (QED) is 0.571. The van der Waals surface area contributed by atoms with Crippen molar-refractivity contribution in [3.63, 3.8) is 0 Å². The number of hydrogen-bond donors (Lipinski definition) is 0. The van der Waals surface area contributed by atoms with Crippen LogP contribution in [0.15, 0.2) is 0 Å². The van der Waals surface area contributed by atoms with Crippen LogP contribution in [-0.2, 0) is 27.9 Å². The van der Waals surface area contributed by atoms with Crippen molar-refractivity contribution in [2.45, 2.75) is 33.8 Å². The second-order valence-electron chi connectivity index (χ2n) is 4.66. The summed E-state index contributed by atoms with van der Waals surface area (Å²) in [6.45, 7) is 7.48. The van der Waals surface area contributed by atoms with Gasteiger partial charge in [0, 0.05) is 13.8 Å². The number of carbonyl (C=O) groups excluding carboxylic acids is 2. The lowest BCUT2D eigenvalue weighted by Gasteiger charge is -2.20. The Bertz CT molecular complexity index is 343. The molecule has 0 aliphatic rings. The summed E-state index contributed by atoms with van der Waals surface area (Å²) in [6.07, 6.45) is -1.12. The number of ether oxygens (including phenoxy) is 1. The van der Waals surface area contributed by atoms with E-state index in [1.165, 1.54) is 14.0 Å². The molecule has 6 nitrogen and oxygen atoms in total. The maximum Gasteiger partial charge on any atom is 0.378 e. The van der Waals surface area contributed by atoms with E-state index in [-0.39, 0.29) is 0 Å². The lowest BCUT2D eigenvalue weighted by Crippen LogP contribution is -2.31. The molecule has 0 aromatic carbocycles. The fourth-order valence-electron chi connectivity index (χ4n) is 0.660. The van der Waals surface area contributed by atoms with Crippen molar-refractivity contribution in [2.75, 3.05) is 13.8 Å². The highest BCUT2D eigenvalue weighted by atomic mass is 31.2. The van der Waals surface area contributed by atoms with Crippen molar-refractivity contribution in [1.29, 1.82) is 0 Å². The van der Waals surface area contributed by atoms with Crippen LogP contribution in [0.3, 0.4) is 0 Å². The molecule has 2 atom stereocenters. The van der Waals surface area contributed by atoms with Crippen LogP contribution in [-0.4, -0.2) is 31.8 Å². The molecule has 0 aromatic heterocycles. The molecule has 2 unspecified atom stereocenters. The number of esters is 1. The van der Waals surface area contributed by atoms with Gasteiger partial charge in [-0.25, -0.2) is 9.36 Å². The predicted molar refractivity (Wildman–Crippen MR) is 61.6 cm³/mol. The van der Waals surface area contributed by atoms with Gasteiger partial charge >= 0.3 is 19.5 Å². The molecule has 0 rings (SSSR count). The molecule has 0 fully saturated rings. The summed E-state index contributed by atoms with van der Waals surface area (Å²) >= 11 is 0. The summed E-state index contributed by atoms with van der Waals surface area (Å²) in [5.41, 5.74) is -0.717. The van der Waals surface area contributed by atoms with Gasteiger partial charge in [0.05, 0.1) is 5.41 Å². The maximum atomic E-state index is 11.5. The molecular weight excluding hydrogens is 247 g/mol. The second kappa shape index (κ2) is 5.65. The Labute approximate surface area is 101 Å². The summed E-state index contributed by atoms with van der Waals surface area (Å²) in [4.78, 5) is 22.9. The van der Waals surface area contributed by atoms with E-state index in [2.05, 4.69) is 9.05 Å². The summed E-state index contributed by atoms with van der Waals surface area (Å²) in [5, 5.41) is 0. The molecule has 0 heterocycles. The fourth-order valence-corrected chi connectivity index (χ4v) is 1.21. The van der Waals surface area contributed by atoms with E-state index in [0.717, 1.165) is 6.66 Å². The SMILES string of the molecule is COP(C)(=O)OC(=O)C(C)OC(=O)C(C)(C)C. The van der Waals surface area contributed by atoms with Crippen LogP contribution in [0.2, 0.25) is 0 Å². The summed E-state index contributed by atoms with van der Waals surface area (Å²) < 4.78 is 25.3. The minimum atomic E-state index is -3.41. The Hall–Kier alpha value is -0.870. The first kappa shape index (κ1) is 16.1. The van der Waals surface area contributed by atoms with Crippen molar-refractivity contribution >= 4 is 19.5 Å². The van der Waals surface area contributed by atoms with Crippen LogP contribution in [0.25, 0.3) is 0 Å². The zero-order valence-electron chi connectivity index (χ0n) is 11.0. The van der Waals surface area contributed by atoms with Gasteiger partial charge in [-0.05, 0) is 27.7 Å². The average molecular weight is 266 g/mol. The Kier molecular flexibility index (Phi) is 5.36. The van der Waals surface area contributed by atoms with E-state index in [9.17, 15) is 14.2 Å². The molecule has 0 saturated heterocycles. The van der Waals surface area contributed by atoms with Gasteiger partial charge in [0.15, 0.2) is 6.10 Å². The first-order valence-electron chi connectivity index (χ1n) is 5.07. The first-order valence-corrected chi connectivity index (χ1v) is 7.06. The Balaban J connectivity index is 4.44. The van der Waals surface area contributed by atoms with Gasteiger partial charge in [-0.2, -0.15) is 0 Å². The fraction of sp³-hybridized carbons (Fsp3) is 0.800. The van der Waals surface area contributed by atoms with Gasteiger partial charge in [0.2, 0.25) is 0 Å². The van der Waals surface area contributed by atoms with Crippen LogP contribution in [0.5, 0.6) is 0 Å². The first-order chi connectivity index (χ1) is 7.49. The zero-order valence-corrected chi connectivity index (χ0v) is 11.9. The Morgan fingerprint density at radius 1 is 1.24 bits per heavy atom. The van der Waals surface area contributed by atoms with Gasteiger partial charge in [-0.15, -0.1) is 0 Å². The molecule has 0 spiro atoms. The molecule has 0 aromatic rings. The predicted octanol–water partition coefficient (Wildman–Crippen LogP) is 1.98. The van der Waals surface area contributed by atoms with E-state index in [4.69, 9.17) is 4.74 Å². The smallest absolute Gasteiger partial charge is 0.378 e. The van der Waals surface area contributed by atoms with Crippen molar-refractivity contribution in [3.8, 4) is 0 Å². The molecule has 0 radical (unpaired) electrons. The van der Waals surface area contributed by atoms with E-state index in [1.54, 1.807) is 20.8 Å². The van der Waals surface area contributed by atoms with Gasteiger partial charge in [-0.1, -0.05) is 0 Å². The summed E-state index contributed by atoms with van der Waals surface area (Å²) in [6, 6.07) is 0. The molecule has 100 valence electrons. The summed E-state index contributed by atoms with van der Waals surface area (Å²) in [7, 11) is -2.24. The third kappa shape index (κ3) is 5.84. The molecule has 7 heteroatoms. The Morgan fingerprint density at radius 3 is 2.06 bits per heavy atom. The van der Waals surface area contributed by atoms with Crippen LogP contribution in [0, 0.1) is 5.41 Å². The van der Waals surface area contributed by atoms with E-state index in [1.807, 2.05) is 0 Å². The highest BCUT2D eigenvalue weighted by molar-refractivity contribution is 7.53. The van der Waals surface area contributed by atoms with Crippen LogP contribution >= 0.6 is 7.60 Å². The molecule has 0 saturated carbocycles. The third-order valence-electron chi connectivity index (χ3n) is 1.82. The molecule has 0 aliphatic heterocycles. The van der Waals surface area contributed by atoms with Gasteiger partial charge in [-0.3, -0.25) is 4.79 Å². The lowest BCUT2D eigenvalue weighted by molar-refractivity contribution is -0.167. The lowest BCUT2D eigenvalue weighted by atomic mass is 9.97. The standard InChI is InChI=1S/C10H19O6P/c1-7(15-9(12)10(2,3)4)8(11)16-17(6,13)14-5/h7H,1-6H3. The molecular formula is C10H19O6P. The normalized spacial score (nSPS) is 16.8. The maximum absolute atomic E-state index is 11.5. The van der Waals surface area contributed by atoms with E-state index < -0.39 is 31.1 Å². The molecule has 0 aliphatic carbocycles. The number of carbonyl (C=O) groups is 2. The van der Waals surface area contributed by atoms with E-state index >= 15 is 0 Å². The van der Waals surface area contributed by atoms with Crippen molar-refractivity contribution < 1.29 is 27.9 Å². The highest BCUT2D eigenvalue weighted by Gasteiger charge is 2.30. The van der Waals surface area contributed by atoms with E-state index in [0.29, 0.717) is 0 Å². The van der Waals surface area contributed by atoms with Crippen LogP contribution in [0.1, 0.15) is 27.7 Å². The minimum Gasteiger partial charge on any atom is -0.450 e. The third-order valence-corrected chi connectivity index (χ3v) is 2.99. The molecule has 17 heavy (non-hydrogen) atoms. The van der Waals surface area contributed by atoms with Gasteiger partial charge in [0.25, 0.3) is 0 Å². The van der Waals surface area contributed by atoms with Crippen molar-refractivity contribution in [2.24, 2.45) is 5.41 Å². The number of rotatable bonds is 4. The molecule has 0 bridgehead atoms. The average Bonchev–Trinajstić information content (AvgIpc) is 2.15. The van der Waals surface area contributed by atoms with Crippen molar-refractivity contribution in [1.82, 2.24) is 0 Å². The topological polar surface area (TPSA) is 78.9 Å². The molecule has 0 N–H and O–H groups in total. The van der Waals surface area contributed by atoms with Gasteiger partial charge in [0.1, 0.15) is 0 Å². The summed E-state index contributed by atoms with van der Waals surface area (Å²) in [5.74, 6) is -1.43. The van der Waals surface area contributed by atoms with Gasteiger partial charge < -0.3 is 13.8 Å². The highest BCUT2D eigenvalue weighted by Crippen LogP contribution is 2.43. The van der Waals surface area contributed by atoms with Crippen LogP contribution < -0.4 is 0 Å². The minimum absolute atomic E-state index is 0.537. The zero-order chi connectivity index (χ0) is 13.9.